The van der Waals surface area contributed by atoms with Crippen LogP contribution < -0.4 is 31.1 Å². The van der Waals surface area contributed by atoms with E-state index in [0.29, 0.717) is 18.0 Å². The minimum atomic E-state index is 0.477. The van der Waals surface area contributed by atoms with Gasteiger partial charge in [-0.3, -0.25) is 10.9 Å². The van der Waals surface area contributed by atoms with Crippen molar-refractivity contribution >= 4 is 11.8 Å². The first-order valence-corrected chi connectivity index (χ1v) is 11.5. The number of anilines is 2. The lowest BCUT2D eigenvalue weighted by Gasteiger charge is -2.33. The van der Waals surface area contributed by atoms with Crippen molar-refractivity contribution in [1.82, 2.24) is 26.1 Å². The summed E-state index contributed by atoms with van der Waals surface area (Å²) in [4.78, 5) is 12.4. The predicted octanol–water partition coefficient (Wildman–Crippen LogP) is 1.71. The van der Waals surface area contributed by atoms with E-state index < -0.39 is 0 Å². The number of hydrogen-bond donors (Lipinski definition) is 4. The van der Waals surface area contributed by atoms with Crippen LogP contribution in [0.1, 0.15) is 41.6 Å². The highest BCUT2D eigenvalue weighted by Crippen LogP contribution is 2.33. The Labute approximate surface area is 183 Å². The summed E-state index contributed by atoms with van der Waals surface area (Å²) >= 11 is 0. The van der Waals surface area contributed by atoms with Gasteiger partial charge in [0.05, 0.1) is 12.8 Å². The van der Waals surface area contributed by atoms with Gasteiger partial charge in [-0.15, -0.1) is 0 Å². The normalized spacial score (nSPS) is 26.9. The Morgan fingerprint density at radius 2 is 2.10 bits per heavy atom. The highest BCUT2D eigenvalue weighted by atomic mass is 16.5. The van der Waals surface area contributed by atoms with Crippen LogP contribution in [0.3, 0.4) is 0 Å². The van der Waals surface area contributed by atoms with E-state index in [1.807, 2.05) is 6.07 Å². The Kier molecular flexibility index (Phi) is 4.93. The van der Waals surface area contributed by atoms with Crippen molar-refractivity contribution in [2.45, 2.75) is 57.4 Å². The topological polar surface area (TPSA) is 86.4 Å². The molecule has 0 spiro atoms. The molecular formula is C23H31N7O. The number of ether oxygens (including phenoxy) is 1. The van der Waals surface area contributed by atoms with Gasteiger partial charge in [0, 0.05) is 43.8 Å². The molecule has 4 heterocycles. The Morgan fingerprint density at radius 3 is 3.03 bits per heavy atom. The number of nitrogens with zero attached hydrogens (tertiary/aromatic N) is 3. The SMILES string of the molecule is COc1ccc2c(c1)CN(c1nc3c(c(NC4CCC5NNCC5C4)n1)CCNC3)C2. The van der Waals surface area contributed by atoms with E-state index in [2.05, 4.69) is 38.5 Å². The molecule has 0 radical (unpaired) electrons. The summed E-state index contributed by atoms with van der Waals surface area (Å²) in [5.41, 5.74) is 11.8. The smallest absolute Gasteiger partial charge is 0.228 e. The average molecular weight is 422 g/mol. The zero-order valence-corrected chi connectivity index (χ0v) is 18.1. The Bertz CT molecular complexity index is 981. The third kappa shape index (κ3) is 3.62. The van der Waals surface area contributed by atoms with Gasteiger partial charge in [0.15, 0.2) is 0 Å². The van der Waals surface area contributed by atoms with E-state index in [0.717, 1.165) is 62.4 Å². The first kappa shape index (κ1) is 19.3. The van der Waals surface area contributed by atoms with Crippen molar-refractivity contribution in [3.63, 3.8) is 0 Å². The van der Waals surface area contributed by atoms with Gasteiger partial charge < -0.3 is 20.3 Å². The van der Waals surface area contributed by atoms with Crippen molar-refractivity contribution in [1.29, 1.82) is 0 Å². The van der Waals surface area contributed by atoms with Crippen molar-refractivity contribution in [3.8, 4) is 5.75 Å². The maximum absolute atomic E-state index is 5.41. The fraction of sp³-hybridized carbons (Fsp3) is 0.565. The summed E-state index contributed by atoms with van der Waals surface area (Å²) in [6.45, 7) is 4.54. The van der Waals surface area contributed by atoms with Crippen molar-refractivity contribution in [2.75, 3.05) is 30.4 Å². The van der Waals surface area contributed by atoms with Gasteiger partial charge >= 0.3 is 0 Å². The fourth-order valence-electron chi connectivity index (χ4n) is 5.57. The zero-order valence-electron chi connectivity index (χ0n) is 18.1. The first-order chi connectivity index (χ1) is 15.3. The summed E-state index contributed by atoms with van der Waals surface area (Å²) in [7, 11) is 1.72. The summed E-state index contributed by atoms with van der Waals surface area (Å²) in [5.74, 6) is 3.49. The summed E-state index contributed by atoms with van der Waals surface area (Å²) in [5, 5.41) is 7.33. The standard InChI is InChI=1S/C23H31N7O/c1-31-18-4-2-14-12-30(13-16(14)9-18)23-27-21-11-24-7-6-19(21)22(28-23)26-17-3-5-20-15(8-17)10-25-29-20/h2,4,9,15,17,20,24-25,29H,3,5-8,10-13H2,1H3,(H,26,27,28). The second-order valence-electron chi connectivity index (χ2n) is 9.26. The molecule has 1 aliphatic carbocycles. The van der Waals surface area contributed by atoms with Crippen LogP contribution in [0.25, 0.3) is 0 Å². The zero-order chi connectivity index (χ0) is 20.8. The molecule has 2 fully saturated rings. The Hall–Kier alpha value is -2.42. The molecule has 2 aromatic rings. The van der Waals surface area contributed by atoms with Gasteiger partial charge in [0.2, 0.25) is 5.95 Å². The second kappa shape index (κ2) is 7.93. The molecule has 3 aliphatic heterocycles. The Morgan fingerprint density at radius 1 is 1.16 bits per heavy atom. The van der Waals surface area contributed by atoms with Crippen LogP contribution in [0.5, 0.6) is 5.75 Å². The van der Waals surface area contributed by atoms with Gasteiger partial charge in [0.1, 0.15) is 11.6 Å². The van der Waals surface area contributed by atoms with Crippen LogP contribution in [-0.2, 0) is 26.1 Å². The number of rotatable bonds is 4. The number of hydrazine groups is 1. The lowest BCUT2D eigenvalue weighted by Crippen LogP contribution is -2.39. The summed E-state index contributed by atoms with van der Waals surface area (Å²) in [6.07, 6.45) is 4.56. The van der Waals surface area contributed by atoms with E-state index >= 15 is 0 Å². The van der Waals surface area contributed by atoms with Crippen LogP contribution >= 0.6 is 0 Å². The monoisotopic (exact) mass is 421 g/mol. The summed E-state index contributed by atoms with van der Waals surface area (Å²) in [6, 6.07) is 7.43. The molecule has 1 aromatic carbocycles. The van der Waals surface area contributed by atoms with Gasteiger partial charge in [-0.05, 0) is 61.4 Å². The molecule has 1 saturated heterocycles. The lowest BCUT2D eigenvalue weighted by atomic mass is 9.83. The molecule has 3 unspecified atom stereocenters. The molecule has 6 rings (SSSR count). The molecule has 1 saturated carbocycles. The van der Waals surface area contributed by atoms with E-state index in [-0.39, 0.29) is 0 Å². The number of hydrogen-bond acceptors (Lipinski definition) is 8. The molecule has 8 nitrogen and oxygen atoms in total. The highest BCUT2D eigenvalue weighted by molar-refractivity contribution is 5.55. The van der Waals surface area contributed by atoms with Gasteiger partial charge in [-0.1, -0.05) is 6.07 Å². The highest BCUT2D eigenvalue weighted by Gasteiger charge is 2.34. The number of benzene rings is 1. The minimum Gasteiger partial charge on any atom is -0.497 e. The number of methoxy groups -OCH3 is 1. The molecule has 31 heavy (non-hydrogen) atoms. The Balaban J connectivity index is 1.27. The molecule has 8 heteroatoms. The molecule has 0 amide bonds. The van der Waals surface area contributed by atoms with E-state index in [4.69, 9.17) is 14.7 Å². The number of fused-ring (bicyclic) bond motifs is 3. The quantitative estimate of drug-likeness (QED) is 0.594. The van der Waals surface area contributed by atoms with Gasteiger partial charge in [-0.25, -0.2) is 4.98 Å². The maximum Gasteiger partial charge on any atom is 0.228 e. The molecule has 4 aliphatic rings. The van der Waals surface area contributed by atoms with Crippen molar-refractivity contribution < 1.29 is 4.74 Å². The van der Waals surface area contributed by atoms with Crippen LogP contribution in [0.2, 0.25) is 0 Å². The maximum atomic E-state index is 5.41. The van der Waals surface area contributed by atoms with E-state index in [1.165, 1.54) is 36.0 Å². The molecule has 164 valence electrons. The van der Waals surface area contributed by atoms with Crippen LogP contribution in [0.15, 0.2) is 18.2 Å². The van der Waals surface area contributed by atoms with E-state index in [1.54, 1.807) is 7.11 Å². The number of nitrogens with one attached hydrogen (secondary N) is 4. The lowest BCUT2D eigenvalue weighted by molar-refractivity contribution is 0.314. The molecule has 4 N–H and O–H groups in total. The second-order valence-corrected chi connectivity index (χ2v) is 9.26. The van der Waals surface area contributed by atoms with Gasteiger partial charge in [0.25, 0.3) is 0 Å². The summed E-state index contributed by atoms with van der Waals surface area (Å²) < 4.78 is 5.41. The fourth-order valence-corrected chi connectivity index (χ4v) is 5.57. The third-order valence-electron chi connectivity index (χ3n) is 7.32. The molecule has 1 aromatic heterocycles. The van der Waals surface area contributed by atoms with Crippen molar-refractivity contribution in [2.24, 2.45) is 5.92 Å². The van der Waals surface area contributed by atoms with Crippen LogP contribution in [0.4, 0.5) is 11.8 Å². The average Bonchev–Trinajstić information content (AvgIpc) is 3.45. The van der Waals surface area contributed by atoms with Crippen LogP contribution in [-0.4, -0.2) is 42.3 Å². The molecular weight excluding hydrogens is 390 g/mol. The minimum absolute atomic E-state index is 0.477. The molecule has 3 atom stereocenters. The third-order valence-corrected chi connectivity index (χ3v) is 7.32. The van der Waals surface area contributed by atoms with E-state index in [9.17, 15) is 0 Å². The van der Waals surface area contributed by atoms with Crippen LogP contribution in [0, 0.1) is 5.92 Å². The largest absolute Gasteiger partial charge is 0.497 e. The molecule has 0 bridgehead atoms. The first-order valence-electron chi connectivity index (χ1n) is 11.5. The predicted molar refractivity (Wildman–Crippen MR) is 120 cm³/mol. The van der Waals surface area contributed by atoms with Gasteiger partial charge in [-0.2, -0.15) is 4.98 Å². The number of aromatic nitrogens is 2. The van der Waals surface area contributed by atoms with Crippen molar-refractivity contribution in [3.05, 3.63) is 40.6 Å².